The molecule has 0 atom stereocenters. The molecule has 2 rings (SSSR count). The van der Waals surface area contributed by atoms with Gasteiger partial charge in [-0.3, -0.25) is 4.79 Å². The van der Waals surface area contributed by atoms with E-state index in [4.69, 9.17) is 9.47 Å². The van der Waals surface area contributed by atoms with Crippen molar-refractivity contribution >= 4 is 11.6 Å². The van der Waals surface area contributed by atoms with Crippen LogP contribution in [0, 0.1) is 13.8 Å². The highest BCUT2D eigenvalue weighted by Crippen LogP contribution is 2.23. The summed E-state index contributed by atoms with van der Waals surface area (Å²) < 4.78 is 11.1. The van der Waals surface area contributed by atoms with E-state index >= 15 is 0 Å². The molecule has 4 heteroatoms. The Kier molecular flexibility index (Phi) is 6.38. The third-order valence-corrected chi connectivity index (χ3v) is 3.73. The summed E-state index contributed by atoms with van der Waals surface area (Å²) in [5.74, 6) is 0.624. The van der Waals surface area contributed by atoms with E-state index in [2.05, 4.69) is 5.32 Å². The van der Waals surface area contributed by atoms with Crippen LogP contribution < -0.4 is 10.1 Å². The number of hydrogen-bond acceptors (Lipinski definition) is 3. The van der Waals surface area contributed by atoms with E-state index in [0.717, 1.165) is 28.1 Å². The van der Waals surface area contributed by atoms with Gasteiger partial charge in [0, 0.05) is 23.4 Å². The molecule has 0 bridgehead atoms. The van der Waals surface area contributed by atoms with Gasteiger partial charge < -0.3 is 14.8 Å². The second kappa shape index (κ2) is 8.50. The molecule has 0 unspecified atom stereocenters. The average molecular weight is 327 g/mol. The normalized spacial score (nSPS) is 10.5. The van der Waals surface area contributed by atoms with Crippen molar-refractivity contribution in [3.63, 3.8) is 0 Å². The van der Waals surface area contributed by atoms with Crippen LogP contribution in [-0.4, -0.2) is 19.1 Å². The van der Waals surface area contributed by atoms with Crippen molar-refractivity contribution in [2.24, 2.45) is 0 Å². The Balaban J connectivity index is 2.23. The highest BCUT2D eigenvalue weighted by molar-refractivity contribution is 6.04. The van der Waals surface area contributed by atoms with Crippen LogP contribution in [0.25, 0.3) is 0 Å². The van der Waals surface area contributed by atoms with Crippen molar-refractivity contribution in [2.45, 2.75) is 34.3 Å². The minimum Gasteiger partial charge on any atom is -0.494 e. The van der Waals surface area contributed by atoms with Gasteiger partial charge in [0.2, 0.25) is 0 Å². The van der Waals surface area contributed by atoms with Gasteiger partial charge in [-0.25, -0.2) is 0 Å². The van der Waals surface area contributed by atoms with Crippen LogP contribution in [0.15, 0.2) is 36.4 Å². The molecule has 0 aromatic heterocycles. The molecule has 0 saturated heterocycles. The van der Waals surface area contributed by atoms with E-state index in [9.17, 15) is 4.79 Å². The molecule has 1 amide bonds. The summed E-state index contributed by atoms with van der Waals surface area (Å²) in [6.07, 6.45) is 0. The van der Waals surface area contributed by atoms with Crippen molar-refractivity contribution in [1.29, 1.82) is 0 Å². The monoisotopic (exact) mass is 327 g/mol. The van der Waals surface area contributed by atoms with Crippen molar-refractivity contribution < 1.29 is 14.3 Å². The third kappa shape index (κ3) is 4.59. The number of benzene rings is 2. The lowest BCUT2D eigenvalue weighted by Crippen LogP contribution is -2.13. The fourth-order valence-corrected chi connectivity index (χ4v) is 2.41. The van der Waals surface area contributed by atoms with Crippen LogP contribution in [-0.2, 0) is 11.3 Å². The smallest absolute Gasteiger partial charge is 0.255 e. The van der Waals surface area contributed by atoms with Gasteiger partial charge in [-0.15, -0.1) is 0 Å². The number of carbonyl (C=O) groups is 1. The molecule has 0 aliphatic rings. The molecule has 4 nitrogen and oxygen atoms in total. The second-order valence-corrected chi connectivity index (χ2v) is 5.67. The van der Waals surface area contributed by atoms with Crippen LogP contribution in [0.4, 0.5) is 5.69 Å². The largest absolute Gasteiger partial charge is 0.494 e. The first-order valence-corrected chi connectivity index (χ1v) is 8.27. The van der Waals surface area contributed by atoms with Crippen LogP contribution >= 0.6 is 0 Å². The van der Waals surface area contributed by atoms with Gasteiger partial charge in [0.15, 0.2) is 0 Å². The predicted molar refractivity (Wildman–Crippen MR) is 96.8 cm³/mol. The molecule has 0 saturated carbocycles. The third-order valence-electron chi connectivity index (χ3n) is 3.73. The summed E-state index contributed by atoms with van der Waals surface area (Å²) in [4.78, 5) is 12.6. The Morgan fingerprint density at radius 3 is 2.54 bits per heavy atom. The first-order valence-electron chi connectivity index (χ1n) is 8.27. The number of carbonyl (C=O) groups excluding carboxylic acids is 1. The molecule has 2 aromatic rings. The molecule has 1 N–H and O–H groups in total. The summed E-state index contributed by atoms with van der Waals surface area (Å²) in [7, 11) is 0. The van der Waals surface area contributed by atoms with Crippen LogP contribution in [0.1, 0.15) is 40.9 Å². The van der Waals surface area contributed by atoms with Crippen molar-refractivity contribution in [3.8, 4) is 5.75 Å². The quantitative estimate of drug-likeness (QED) is 0.815. The Bertz CT molecular complexity index is 710. The number of aryl methyl sites for hydroxylation is 2. The molecule has 2 aromatic carbocycles. The van der Waals surface area contributed by atoms with Gasteiger partial charge in [0.05, 0.1) is 13.2 Å². The zero-order valence-electron chi connectivity index (χ0n) is 14.8. The van der Waals surface area contributed by atoms with E-state index in [0.29, 0.717) is 25.4 Å². The van der Waals surface area contributed by atoms with Crippen LogP contribution in [0.5, 0.6) is 5.75 Å². The van der Waals surface area contributed by atoms with E-state index < -0.39 is 0 Å². The first-order chi connectivity index (χ1) is 11.5. The molecule has 0 radical (unpaired) electrons. The number of rotatable bonds is 7. The molecule has 0 aliphatic heterocycles. The Hall–Kier alpha value is -2.33. The maximum absolute atomic E-state index is 12.6. The highest BCUT2D eigenvalue weighted by Gasteiger charge is 2.12. The van der Waals surface area contributed by atoms with E-state index in [1.165, 1.54) is 0 Å². The highest BCUT2D eigenvalue weighted by atomic mass is 16.5. The topological polar surface area (TPSA) is 47.6 Å². The Labute approximate surface area is 143 Å². The molecular weight excluding hydrogens is 302 g/mol. The molecular formula is C20H25NO3. The fraction of sp³-hybridized carbons (Fsp3) is 0.350. The molecule has 128 valence electrons. The number of ether oxygens (including phenoxy) is 2. The van der Waals surface area contributed by atoms with Crippen molar-refractivity contribution in [1.82, 2.24) is 0 Å². The SMILES string of the molecule is CCOCc1cc(C(=O)Nc2cc(C)ccc2C)ccc1OCC. The minimum atomic E-state index is -0.135. The lowest BCUT2D eigenvalue weighted by Gasteiger charge is -2.13. The number of amides is 1. The number of hydrogen-bond donors (Lipinski definition) is 1. The van der Waals surface area contributed by atoms with Crippen LogP contribution in [0.2, 0.25) is 0 Å². The Morgan fingerprint density at radius 1 is 1.04 bits per heavy atom. The van der Waals surface area contributed by atoms with Gasteiger partial charge in [0.25, 0.3) is 5.91 Å². The van der Waals surface area contributed by atoms with Gasteiger partial charge >= 0.3 is 0 Å². The number of anilines is 1. The predicted octanol–water partition coefficient (Wildman–Crippen LogP) is 4.49. The van der Waals surface area contributed by atoms with Crippen molar-refractivity contribution in [2.75, 3.05) is 18.5 Å². The van der Waals surface area contributed by atoms with Gasteiger partial charge in [0.1, 0.15) is 5.75 Å². The fourth-order valence-electron chi connectivity index (χ4n) is 2.41. The summed E-state index contributed by atoms with van der Waals surface area (Å²) in [5.41, 5.74) is 4.45. The van der Waals surface area contributed by atoms with Crippen LogP contribution in [0.3, 0.4) is 0 Å². The number of nitrogens with one attached hydrogen (secondary N) is 1. The lowest BCUT2D eigenvalue weighted by atomic mass is 10.1. The van der Waals surface area contributed by atoms with Crippen molar-refractivity contribution in [3.05, 3.63) is 58.7 Å². The zero-order chi connectivity index (χ0) is 17.5. The average Bonchev–Trinajstić information content (AvgIpc) is 2.57. The van der Waals surface area contributed by atoms with E-state index in [1.807, 2.05) is 58.0 Å². The summed E-state index contributed by atoms with van der Waals surface area (Å²) in [6.45, 7) is 9.48. The second-order valence-electron chi connectivity index (χ2n) is 5.67. The maximum Gasteiger partial charge on any atom is 0.255 e. The van der Waals surface area contributed by atoms with E-state index in [1.54, 1.807) is 6.07 Å². The molecule has 0 spiro atoms. The van der Waals surface area contributed by atoms with Gasteiger partial charge in [-0.1, -0.05) is 12.1 Å². The molecule has 0 heterocycles. The standard InChI is InChI=1S/C20H25NO3/c1-5-23-13-17-12-16(9-10-19(17)24-6-2)20(22)21-18-11-14(3)7-8-15(18)4/h7-12H,5-6,13H2,1-4H3,(H,21,22). The molecule has 0 fully saturated rings. The van der Waals surface area contributed by atoms with E-state index in [-0.39, 0.29) is 5.91 Å². The maximum atomic E-state index is 12.6. The summed E-state index contributed by atoms with van der Waals surface area (Å²) >= 11 is 0. The lowest BCUT2D eigenvalue weighted by molar-refractivity contribution is 0.102. The summed E-state index contributed by atoms with van der Waals surface area (Å²) in [6, 6.07) is 11.5. The zero-order valence-corrected chi connectivity index (χ0v) is 14.8. The minimum absolute atomic E-state index is 0.135. The van der Waals surface area contributed by atoms with Gasteiger partial charge in [-0.05, 0) is 63.1 Å². The summed E-state index contributed by atoms with van der Waals surface area (Å²) in [5, 5.41) is 2.98. The van der Waals surface area contributed by atoms with Gasteiger partial charge in [-0.2, -0.15) is 0 Å². The molecule has 24 heavy (non-hydrogen) atoms. The first kappa shape index (κ1) is 18.0. The molecule has 0 aliphatic carbocycles. The Morgan fingerprint density at radius 2 is 1.83 bits per heavy atom.